The van der Waals surface area contributed by atoms with Crippen molar-refractivity contribution in [1.82, 2.24) is 20.5 Å². The third-order valence-electron chi connectivity index (χ3n) is 3.15. The summed E-state index contributed by atoms with van der Waals surface area (Å²) in [5.41, 5.74) is 0. The average molecular weight is 425 g/mol. The monoisotopic (exact) mass is 425 g/mol. The predicted octanol–water partition coefficient (Wildman–Crippen LogP) is 1.07. The van der Waals surface area contributed by atoms with Gasteiger partial charge in [0.15, 0.2) is 5.96 Å². The summed E-state index contributed by atoms with van der Waals surface area (Å²) in [6, 6.07) is 0. The standard InChI is InChI=1S/C13H23N5OS.HI/c1-11-16-9-12(20-11)10-17-13(14-2)15-3-4-18-5-7-19-8-6-18;/h9H,3-8,10H2,1-2H3,(H2,14,15,17);1H. The minimum Gasteiger partial charge on any atom is -0.379 e. The van der Waals surface area contributed by atoms with Crippen molar-refractivity contribution in [2.45, 2.75) is 13.5 Å². The van der Waals surface area contributed by atoms with E-state index < -0.39 is 0 Å². The normalized spacial score (nSPS) is 16.4. The predicted molar refractivity (Wildman–Crippen MR) is 97.7 cm³/mol. The second-order valence-electron chi connectivity index (χ2n) is 4.65. The second-order valence-corrected chi connectivity index (χ2v) is 5.97. The molecule has 6 nitrogen and oxygen atoms in total. The number of hydrogen-bond donors (Lipinski definition) is 2. The number of aryl methyl sites for hydroxylation is 1. The molecule has 0 saturated carbocycles. The zero-order valence-corrected chi connectivity index (χ0v) is 15.7. The largest absolute Gasteiger partial charge is 0.379 e. The maximum absolute atomic E-state index is 5.33. The third-order valence-corrected chi connectivity index (χ3v) is 4.06. The molecule has 8 heteroatoms. The maximum Gasteiger partial charge on any atom is 0.191 e. The molecule has 1 aromatic heterocycles. The Labute approximate surface area is 147 Å². The molecule has 0 bridgehead atoms. The van der Waals surface area contributed by atoms with Crippen molar-refractivity contribution in [2.75, 3.05) is 46.4 Å². The van der Waals surface area contributed by atoms with E-state index in [1.807, 2.05) is 13.1 Å². The van der Waals surface area contributed by atoms with Gasteiger partial charge in [0.1, 0.15) is 0 Å². The van der Waals surface area contributed by atoms with Crippen LogP contribution in [0.3, 0.4) is 0 Å². The van der Waals surface area contributed by atoms with Gasteiger partial charge < -0.3 is 15.4 Å². The number of nitrogens with one attached hydrogen (secondary N) is 2. The van der Waals surface area contributed by atoms with Crippen LogP contribution in [0, 0.1) is 6.92 Å². The molecule has 1 saturated heterocycles. The zero-order valence-electron chi connectivity index (χ0n) is 12.6. The lowest BCUT2D eigenvalue weighted by Gasteiger charge is -2.26. The Kier molecular flexibility index (Phi) is 9.13. The molecular formula is C13H24IN5OS. The number of aromatic nitrogens is 1. The van der Waals surface area contributed by atoms with Gasteiger partial charge in [0.25, 0.3) is 0 Å². The molecule has 0 unspecified atom stereocenters. The number of hydrogen-bond acceptors (Lipinski definition) is 5. The van der Waals surface area contributed by atoms with Gasteiger partial charge in [-0.05, 0) is 6.92 Å². The SMILES string of the molecule is CN=C(NCCN1CCOCC1)NCc1cnc(C)s1.I. The van der Waals surface area contributed by atoms with Crippen LogP contribution in [-0.4, -0.2) is 62.3 Å². The highest BCUT2D eigenvalue weighted by atomic mass is 127. The highest BCUT2D eigenvalue weighted by Crippen LogP contribution is 2.10. The van der Waals surface area contributed by atoms with Crippen LogP contribution in [-0.2, 0) is 11.3 Å². The fraction of sp³-hybridized carbons (Fsp3) is 0.692. The van der Waals surface area contributed by atoms with E-state index in [1.165, 1.54) is 4.88 Å². The summed E-state index contributed by atoms with van der Waals surface area (Å²) in [4.78, 5) is 12.1. The van der Waals surface area contributed by atoms with Crippen LogP contribution in [0.1, 0.15) is 9.88 Å². The van der Waals surface area contributed by atoms with Gasteiger partial charge in [0.05, 0.1) is 24.8 Å². The molecule has 0 aliphatic carbocycles. The molecule has 1 fully saturated rings. The average Bonchev–Trinajstić information content (AvgIpc) is 2.89. The fourth-order valence-electron chi connectivity index (χ4n) is 2.04. The molecule has 1 aromatic rings. The van der Waals surface area contributed by atoms with Crippen molar-refractivity contribution in [1.29, 1.82) is 0 Å². The molecule has 2 N–H and O–H groups in total. The molecule has 0 amide bonds. The topological polar surface area (TPSA) is 61.8 Å². The zero-order chi connectivity index (χ0) is 14.2. The number of thiazole rings is 1. The van der Waals surface area contributed by atoms with E-state index in [-0.39, 0.29) is 24.0 Å². The summed E-state index contributed by atoms with van der Waals surface area (Å²) in [5.74, 6) is 0.837. The number of nitrogens with zero attached hydrogens (tertiary/aromatic N) is 3. The van der Waals surface area contributed by atoms with Crippen molar-refractivity contribution in [3.8, 4) is 0 Å². The smallest absolute Gasteiger partial charge is 0.191 e. The molecular weight excluding hydrogens is 401 g/mol. The van der Waals surface area contributed by atoms with Crippen molar-refractivity contribution in [3.05, 3.63) is 16.1 Å². The van der Waals surface area contributed by atoms with Crippen LogP contribution in [0.25, 0.3) is 0 Å². The first kappa shape index (κ1) is 18.6. The first-order chi connectivity index (χ1) is 9.78. The molecule has 2 rings (SSSR count). The maximum atomic E-state index is 5.33. The lowest BCUT2D eigenvalue weighted by Crippen LogP contribution is -2.44. The summed E-state index contributed by atoms with van der Waals surface area (Å²) in [6.07, 6.45) is 1.91. The van der Waals surface area contributed by atoms with Gasteiger partial charge in [-0.3, -0.25) is 9.89 Å². The van der Waals surface area contributed by atoms with Crippen LogP contribution in [0.4, 0.5) is 0 Å². The number of halogens is 1. The van der Waals surface area contributed by atoms with Gasteiger partial charge in [-0.15, -0.1) is 35.3 Å². The van der Waals surface area contributed by atoms with Crippen LogP contribution in [0.5, 0.6) is 0 Å². The molecule has 0 atom stereocenters. The molecule has 1 aliphatic rings. The van der Waals surface area contributed by atoms with E-state index in [1.54, 1.807) is 18.4 Å². The van der Waals surface area contributed by atoms with Crippen LogP contribution < -0.4 is 10.6 Å². The lowest BCUT2D eigenvalue weighted by molar-refractivity contribution is 0.0389. The van der Waals surface area contributed by atoms with Gasteiger partial charge in [0.2, 0.25) is 0 Å². The second kappa shape index (κ2) is 10.3. The fourth-order valence-corrected chi connectivity index (χ4v) is 2.77. The minimum absolute atomic E-state index is 0. The van der Waals surface area contributed by atoms with Crippen molar-refractivity contribution in [2.24, 2.45) is 4.99 Å². The van der Waals surface area contributed by atoms with Crippen molar-refractivity contribution < 1.29 is 4.74 Å². The van der Waals surface area contributed by atoms with E-state index in [2.05, 4.69) is 25.5 Å². The first-order valence-corrected chi connectivity index (χ1v) is 7.75. The van der Waals surface area contributed by atoms with Crippen LogP contribution in [0.2, 0.25) is 0 Å². The summed E-state index contributed by atoms with van der Waals surface area (Å²) < 4.78 is 5.33. The summed E-state index contributed by atoms with van der Waals surface area (Å²) in [5, 5.41) is 7.73. The molecule has 120 valence electrons. The van der Waals surface area contributed by atoms with Crippen molar-refractivity contribution >= 4 is 41.3 Å². The number of ether oxygens (including phenoxy) is 1. The number of guanidine groups is 1. The van der Waals surface area contributed by atoms with Crippen LogP contribution >= 0.6 is 35.3 Å². The lowest BCUT2D eigenvalue weighted by atomic mass is 10.4. The summed E-state index contributed by atoms with van der Waals surface area (Å²) in [7, 11) is 1.79. The number of rotatable bonds is 5. The van der Waals surface area contributed by atoms with E-state index in [0.29, 0.717) is 0 Å². The van der Waals surface area contributed by atoms with Crippen LogP contribution in [0.15, 0.2) is 11.2 Å². The Hall–Kier alpha value is -0.450. The number of morpholine rings is 1. The van der Waals surface area contributed by atoms with Gasteiger partial charge in [0, 0.05) is 44.3 Å². The highest BCUT2D eigenvalue weighted by Gasteiger charge is 2.09. The minimum atomic E-state index is 0. The van der Waals surface area contributed by atoms with E-state index >= 15 is 0 Å². The molecule has 0 aromatic carbocycles. The molecule has 0 spiro atoms. The molecule has 0 radical (unpaired) electrons. The Morgan fingerprint density at radius 1 is 1.43 bits per heavy atom. The molecule has 2 heterocycles. The van der Waals surface area contributed by atoms with Crippen molar-refractivity contribution in [3.63, 3.8) is 0 Å². The Morgan fingerprint density at radius 3 is 2.81 bits per heavy atom. The van der Waals surface area contributed by atoms with E-state index in [9.17, 15) is 0 Å². The molecule has 1 aliphatic heterocycles. The van der Waals surface area contributed by atoms with E-state index in [0.717, 1.165) is 56.9 Å². The Bertz CT molecular complexity index is 434. The van der Waals surface area contributed by atoms with Gasteiger partial charge in [-0.2, -0.15) is 0 Å². The van der Waals surface area contributed by atoms with Gasteiger partial charge >= 0.3 is 0 Å². The Morgan fingerprint density at radius 2 is 2.19 bits per heavy atom. The third kappa shape index (κ3) is 6.90. The van der Waals surface area contributed by atoms with E-state index in [4.69, 9.17) is 4.74 Å². The Balaban J connectivity index is 0.00000220. The summed E-state index contributed by atoms with van der Waals surface area (Å²) in [6.45, 7) is 8.43. The quantitative estimate of drug-likeness (QED) is 0.420. The molecule has 21 heavy (non-hydrogen) atoms. The van der Waals surface area contributed by atoms with Gasteiger partial charge in [-0.25, -0.2) is 4.98 Å². The summed E-state index contributed by atoms with van der Waals surface area (Å²) >= 11 is 1.71. The number of aliphatic imine (C=N–C) groups is 1. The first-order valence-electron chi connectivity index (χ1n) is 6.94. The highest BCUT2D eigenvalue weighted by molar-refractivity contribution is 14.0. The van der Waals surface area contributed by atoms with Gasteiger partial charge in [-0.1, -0.05) is 0 Å².